The summed E-state index contributed by atoms with van der Waals surface area (Å²) in [5.41, 5.74) is 1.55. The number of ether oxygens (including phenoxy) is 1. The molecule has 44 heavy (non-hydrogen) atoms. The van der Waals surface area contributed by atoms with Gasteiger partial charge in [-0.25, -0.2) is 4.39 Å². The maximum absolute atomic E-state index is 13.5. The van der Waals surface area contributed by atoms with Crippen LogP contribution >= 0.6 is 23.4 Å². The minimum atomic E-state index is -0.607. The molecule has 0 radical (unpaired) electrons. The zero-order valence-corrected chi connectivity index (χ0v) is 25.3. The van der Waals surface area contributed by atoms with Gasteiger partial charge >= 0.3 is 0 Å². The van der Waals surface area contributed by atoms with Gasteiger partial charge in [0, 0.05) is 33.5 Å². The monoisotopic (exact) mass is 633 g/mol. The molecule has 0 bridgehead atoms. The van der Waals surface area contributed by atoms with Gasteiger partial charge in [0.2, 0.25) is 5.91 Å². The van der Waals surface area contributed by atoms with Gasteiger partial charge in [-0.2, -0.15) is 0 Å². The fraction of sp³-hybridized carbons (Fsp3) is 0.121. The number of thioether (sulfide) groups is 1. The smallest absolute Gasteiger partial charge is 0.272 e. The third-order valence-corrected chi connectivity index (χ3v) is 7.91. The van der Waals surface area contributed by atoms with Crippen LogP contribution in [0, 0.1) is 5.82 Å². The Kier molecular flexibility index (Phi) is 11.0. The van der Waals surface area contributed by atoms with E-state index in [1.165, 1.54) is 55.3 Å². The average Bonchev–Trinajstić information content (AvgIpc) is 3.02. The van der Waals surface area contributed by atoms with Crippen molar-refractivity contribution in [1.29, 1.82) is 0 Å². The Morgan fingerprint density at radius 3 is 2.41 bits per heavy atom. The number of hydrogen-bond acceptors (Lipinski definition) is 6. The zero-order chi connectivity index (χ0) is 31.6. The molecular weight excluding hydrogens is 605 g/mol. The molecular formula is C33H29ClFN3O5S. The molecule has 4 aromatic carbocycles. The van der Waals surface area contributed by atoms with Crippen molar-refractivity contribution in [3.63, 3.8) is 0 Å². The molecule has 11 heteroatoms. The predicted octanol–water partition coefficient (Wildman–Crippen LogP) is 7.11. The third kappa shape index (κ3) is 8.62. The van der Waals surface area contributed by atoms with Gasteiger partial charge < -0.3 is 25.8 Å². The van der Waals surface area contributed by atoms with Crippen LogP contribution in [0.15, 0.2) is 102 Å². The Morgan fingerprint density at radius 2 is 1.70 bits per heavy atom. The summed E-state index contributed by atoms with van der Waals surface area (Å²) in [6.45, 7) is 1.87. The first kappa shape index (κ1) is 32.1. The van der Waals surface area contributed by atoms with Crippen LogP contribution in [-0.2, 0) is 9.59 Å². The van der Waals surface area contributed by atoms with Gasteiger partial charge in [0.15, 0.2) is 0 Å². The van der Waals surface area contributed by atoms with E-state index in [0.29, 0.717) is 39.6 Å². The summed E-state index contributed by atoms with van der Waals surface area (Å²) in [5, 5.41) is 17.5. The number of hydrogen-bond donors (Lipinski definition) is 4. The second-order valence-electron chi connectivity index (χ2n) is 9.42. The number of carbonyl (C=O) groups is 3. The molecule has 4 N–H and O–H groups in total. The third-order valence-electron chi connectivity index (χ3n) is 6.27. The van der Waals surface area contributed by atoms with Gasteiger partial charge in [-0.05, 0) is 73.2 Å². The van der Waals surface area contributed by atoms with Crippen LogP contribution in [0.2, 0.25) is 5.02 Å². The topological polar surface area (TPSA) is 117 Å². The molecule has 0 aliphatic rings. The molecule has 8 nitrogen and oxygen atoms in total. The van der Waals surface area contributed by atoms with E-state index in [9.17, 15) is 23.9 Å². The number of carbonyl (C=O) groups excluding carboxylic acids is 3. The molecule has 4 aromatic rings. The number of methoxy groups -OCH3 is 1. The Balaban J connectivity index is 1.53. The normalized spacial score (nSPS) is 11.8. The van der Waals surface area contributed by atoms with Gasteiger partial charge in [0.1, 0.15) is 23.0 Å². The van der Waals surface area contributed by atoms with Crippen LogP contribution in [0.3, 0.4) is 0 Å². The lowest BCUT2D eigenvalue weighted by molar-refractivity contribution is -0.116. The predicted molar refractivity (Wildman–Crippen MR) is 172 cm³/mol. The molecule has 0 spiro atoms. The number of halogens is 2. The number of phenols is 1. The van der Waals surface area contributed by atoms with Gasteiger partial charge in [-0.3, -0.25) is 14.4 Å². The summed E-state index contributed by atoms with van der Waals surface area (Å²) in [6, 6.07) is 23.7. The van der Waals surface area contributed by atoms with Crippen LogP contribution in [0.5, 0.6) is 11.5 Å². The van der Waals surface area contributed by atoms with Gasteiger partial charge in [0.25, 0.3) is 11.8 Å². The van der Waals surface area contributed by atoms with Crippen molar-refractivity contribution in [3.8, 4) is 11.5 Å². The highest BCUT2D eigenvalue weighted by atomic mass is 35.5. The van der Waals surface area contributed by atoms with Crippen LogP contribution in [0.25, 0.3) is 6.08 Å². The van der Waals surface area contributed by atoms with Crippen molar-refractivity contribution in [1.82, 2.24) is 5.32 Å². The number of anilines is 2. The Labute approximate surface area is 263 Å². The largest absolute Gasteiger partial charge is 0.508 e. The minimum Gasteiger partial charge on any atom is -0.508 e. The Hall–Kier alpha value is -4.80. The summed E-state index contributed by atoms with van der Waals surface area (Å²) in [7, 11) is 1.43. The van der Waals surface area contributed by atoms with Gasteiger partial charge in [-0.15, -0.1) is 11.8 Å². The second-order valence-corrected chi connectivity index (χ2v) is 11.1. The highest BCUT2D eigenvalue weighted by molar-refractivity contribution is 8.00. The molecule has 0 aliphatic heterocycles. The molecule has 226 valence electrons. The summed E-state index contributed by atoms with van der Waals surface area (Å²) < 4.78 is 18.8. The zero-order valence-electron chi connectivity index (χ0n) is 23.8. The van der Waals surface area contributed by atoms with E-state index in [0.717, 1.165) is 0 Å². The second kappa shape index (κ2) is 15.1. The maximum Gasteiger partial charge on any atom is 0.272 e. The van der Waals surface area contributed by atoms with E-state index in [1.807, 2.05) is 6.92 Å². The fourth-order valence-electron chi connectivity index (χ4n) is 4.05. The molecule has 1 atom stereocenters. The molecule has 0 heterocycles. The standard InChI is InChI=1S/C33H29ClFN3O5S/c1-3-30(33(42)37-23-13-15-27(35)26(34)18-23)44-25-11-7-10-22(17-25)36-32(41)28(38-31(40)20-8-5-4-6-9-20)16-21-12-14-24(39)19-29(21)43-2/h4-19,30,39H,3H2,1-2H3,(H,36,41)(H,37,42)(H,38,40)/b28-16+. The van der Waals surface area contributed by atoms with Crippen molar-refractivity contribution < 1.29 is 28.6 Å². The van der Waals surface area contributed by atoms with Crippen molar-refractivity contribution in [3.05, 3.63) is 119 Å². The first-order valence-electron chi connectivity index (χ1n) is 13.5. The summed E-state index contributed by atoms with van der Waals surface area (Å²) >= 11 is 7.13. The van der Waals surface area contributed by atoms with E-state index in [1.54, 1.807) is 60.7 Å². The molecule has 0 saturated carbocycles. The van der Waals surface area contributed by atoms with E-state index in [4.69, 9.17) is 16.3 Å². The molecule has 0 saturated heterocycles. The van der Waals surface area contributed by atoms with E-state index in [2.05, 4.69) is 16.0 Å². The van der Waals surface area contributed by atoms with Crippen molar-refractivity contribution in [2.75, 3.05) is 17.7 Å². The summed E-state index contributed by atoms with van der Waals surface area (Å²) in [6.07, 6.45) is 1.95. The number of rotatable bonds is 11. The Bertz CT molecular complexity index is 1700. The van der Waals surface area contributed by atoms with Crippen molar-refractivity contribution in [2.45, 2.75) is 23.5 Å². The van der Waals surface area contributed by atoms with E-state index >= 15 is 0 Å². The van der Waals surface area contributed by atoms with Crippen LogP contribution in [0.4, 0.5) is 15.8 Å². The average molecular weight is 634 g/mol. The minimum absolute atomic E-state index is 0.0202. The van der Waals surface area contributed by atoms with Gasteiger partial charge in [-0.1, -0.05) is 42.8 Å². The Morgan fingerprint density at radius 1 is 0.955 bits per heavy atom. The molecule has 1 unspecified atom stereocenters. The molecule has 4 rings (SSSR count). The lowest BCUT2D eigenvalue weighted by Crippen LogP contribution is -2.30. The maximum atomic E-state index is 13.5. The van der Waals surface area contributed by atoms with Crippen LogP contribution in [-0.4, -0.2) is 35.2 Å². The summed E-state index contributed by atoms with van der Waals surface area (Å²) in [4.78, 5) is 40.1. The summed E-state index contributed by atoms with van der Waals surface area (Å²) in [5.74, 6) is -1.68. The van der Waals surface area contributed by atoms with Crippen molar-refractivity contribution >= 4 is 58.5 Å². The highest BCUT2D eigenvalue weighted by Gasteiger charge is 2.20. The number of phenolic OH excluding ortho intramolecular Hbond substituents is 1. The number of nitrogens with one attached hydrogen (secondary N) is 3. The lowest BCUT2D eigenvalue weighted by atomic mass is 10.1. The van der Waals surface area contributed by atoms with Crippen LogP contribution in [0.1, 0.15) is 29.3 Å². The van der Waals surface area contributed by atoms with Crippen LogP contribution < -0.4 is 20.7 Å². The number of aromatic hydroxyl groups is 1. The lowest BCUT2D eigenvalue weighted by Gasteiger charge is -2.16. The number of amides is 3. The van der Waals surface area contributed by atoms with Gasteiger partial charge in [0.05, 0.1) is 17.4 Å². The number of benzene rings is 4. The SMILES string of the molecule is CCC(Sc1cccc(NC(=O)/C(=C\c2ccc(O)cc2OC)NC(=O)c2ccccc2)c1)C(=O)Nc1ccc(F)c(Cl)c1. The molecule has 0 aliphatic carbocycles. The molecule has 3 amide bonds. The molecule has 0 fully saturated rings. The van der Waals surface area contributed by atoms with E-state index < -0.39 is 22.9 Å². The highest BCUT2D eigenvalue weighted by Crippen LogP contribution is 2.30. The first-order valence-corrected chi connectivity index (χ1v) is 14.7. The fourth-order valence-corrected chi connectivity index (χ4v) is 5.24. The van der Waals surface area contributed by atoms with Crippen molar-refractivity contribution in [2.24, 2.45) is 0 Å². The first-order chi connectivity index (χ1) is 21.2. The molecule has 0 aromatic heterocycles. The quantitative estimate of drug-likeness (QED) is 0.103. The van der Waals surface area contributed by atoms with E-state index in [-0.39, 0.29) is 22.4 Å².